The van der Waals surface area contributed by atoms with Gasteiger partial charge in [0.1, 0.15) is 5.75 Å². The molecule has 3 heteroatoms. The lowest BCUT2D eigenvalue weighted by Crippen LogP contribution is -2.13. The zero-order valence-corrected chi connectivity index (χ0v) is 10.6. The Morgan fingerprint density at radius 3 is 2.87 bits per heavy atom. The minimum absolute atomic E-state index is 0.525. The van der Waals surface area contributed by atoms with Crippen molar-refractivity contribution in [3.05, 3.63) is 29.3 Å². The molecule has 15 heavy (non-hydrogen) atoms. The molecule has 1 atom stereocenters. The topological polar surface area (TPSA) is 9.23 Å². The maximum Gasteiger partial charge on any atom is 0.120 e. The molecule has 0 spiro atoms. The largest absolute Gasteiger partial charge is 0.493 e. The summed E-state index contributed by atoms with van der Waals surface area (Å²) in [6.45, 7) is 2.90. The van der Waals surface area contributed by atoms with Gasteiger partial charge in [-0.1, -0.05) is 31.0 Å². The van der Waals surface area contributed by atoms with Crippen molar-refractivity contribution in [1.82, 2.24) is 0 Å². The molecule has 84 valence electrons. The highest BCUT2D eigenvalue weighted by molar-refractivity contribution is 7.80. The van der Waals surface area contributed by atoms with E-state index in [-0.39, 0.29) is 0 Å². The quantitative estimate of drug-likeness (QED) is 0.743. The molecule has 0 bridgehead atoms. The van der Waals surface area contributed by atoms with Gasteiger partial charge in [-0.25, -0.2) is 0 Å². The third-order valence-electron chi connectivity index (χ3n) is 2.24. The second-order valence-corrected chi connectivity index (χ2v) is 4.41. The minimum atomic E-state index is 0.525. The molecule has 0 saturated heterocycles. The lowest BCUT2D eigenvalue weighted by atomic mass is 10.1. The highest BCUT2D eigenvalue weighted by Crippen LogP contribution is 2.18. The van der Waals surface area contributed by atoms with Crippen LogP contribution >= 0.6 is 24.2 Å². The Kier molecular flexibility index (Phi) is 5.96. The fourth-order valence-corrected chi connectivity index (χ4v) is 1.87. The summed E-state index contributed by atoms with van der Waals surface area (Å²) < 4.78 is 5.66. The fraction of sp³-hybridized carbons (Fsp3) is 0.500. The average Bonchev–Trinajstić information content (AvgIpc) is 2.24. The normalized spacial score (nSPS) is 12.5. The standard InChI is InChI=1S/C12H17ClOS/c1-2-4-10(9-15)8-14-12-6-3-5-11(13)7-12/h3,5-7,10,15H,2,4,8-9H2,1H3. The predicted octanol–water partition coefficient (Wildman–Crippen LogP) is 4.06. The van der Waals surface area contributed by atoms with Gasteiger partial charge in [0.15, 0.2) is 0 Å². The van der Waals surface area contributed by atoms with Crippen molar-refractivity contribution in [3.63, 3.8) is 0 Å². The van der Waals surface area contributed by atoms with Gasteiger partial charge in [-0.05, 0) is 30.4 Å². The Bertz CT molecular complexity index is 291. The molecule has 1 rings (SSSR count). The van der Waals surface area contributed by atoms with E-state index in [1.54, 1.807) is 0 Å². The smallest absolute Gasteiger partial charge is 0.120 e. The summed E-state index contributed by atoms with van der Waals surface area (Å²) in [5.41, 5.74) is 0. The number of ether oxygens (including phenoxy) is 1. The Hall–Kier alpha value is -0.340. The molecular weight excluding hydrogens is 228 g/mol. The third-order valence-corrected chi connectivity index (χ3v) is 2.99. The van der Waals surface area contributed by atoms with E-state index in [1.165, 1.54) is 6.42 Å². The van der Waals surface area contributed by atoms with Crippen molar-refractivity contribution < 1.29 is 4.74 Å². The van der Waals surface area contributed by atoms with E-state index in [4.69, 9.17) is 16.3 Å². The highest BCUT2D eigenvalue weighted by Gasteiger charge is 2.06. The van der Waals surface area contributed by atoms with Crippen molar-refractivity contribution in [3.8, 4) is 5.75 Å². The maximum absolute atomic E-state index is 5.86. The Morgan fingerprint density at radius 1 is 1.47 bits per heavy atom. The molecule has 0 heterocycles. The van der Waals surface area contributed by atoms with Gasteiger partial charge in [-0.15, -0.1) is 0 Å². The lowest BCUT2D eigenvalue weighted by Gasteiger charge is -2.14. The SMILES string of the molecule is CCCC(CS)COc1cccc(Cl)c1. The molecule has 0 radical (unpaired) electrons. The highest BCUT2D eigenvalue weighted by atomic mass is 35.5. The summed E-state index contributed by atoms with van der Waals surface area (Å²) in [4.78, 5) is 0. The van der Waals surface area contributed by atoms with Crippen LogP contribution in [0.5, 0.6) is 5.75 Å². The van der Waals surface area contributed by atoms with Gasteiger partial charge in [0.25, 0.3) is 0 Å². The summed E-state index contributed by atoms with van der Waals surface area (Å²) in [5.74, 6) is 2.23. The van der Waals surface area contributed by atoms with Crippen molar-refractivity contribution in [2.24, 2.45) is 5.92 Å². The van der Waals surface area contributed by atoms with Gasteiger partial charge in [0, 0.05) is 10.9 Å². The van der Waals surface area contributed by atoms with E-state index in [2.05, 4.69) is 19.6 Å². The monoisotopic (exact) mass is 244 g/mol. The molecule has 0 amide bonds. The molecule has 0 fully saturated rings. The van der Waals surface area contributed by atoms with Gasteiger partial charge < -0.3 is 4.74 Å². The van der Waals surface area contributed by atoms with Gasteiger partial charge in [-0.3, -0.25) is 0 Å². The number of hydrogen-bond donors (Lipinski definition) is 1. The zero-order valence-electron chi connectivity index (χ0n) is 8.95. The number of benzene rings is 1. The van der Waals surface area contributed by atoms with E-state index >= 15 is 0 Å². The van der Waals surface area contributed by atoms with E-state index in [1.807, 2.05) is 24.3 Å². The first-order valence-electron chi connectivity index (χ1n) is 5.25. The minimum Gasteiger partial charge on any atom is -0.493 e. The molecule has 1 aromatic carbocycles. The summed E-state index contributed by atoms with van der Waals surface area (Å²) in [6, 6.07) is 7.50. The van der Waals surface area contributed by atoms with E-state index in [9.17, 15) is 0 Å². The van der Waals surface area contributed by atoms with Gasteiger partial charge in [0.2, 0.25) is 0 Å². The molecule has 1 nitrogen and oxygen atoms in total. The molecular formula is C12H17ClOS. The number of hydrogen-bond acceptors (Lipinski definition) is 2. The van der Waals surface area contributed by atoms with Crippen LogP contribution in [0, 0.1) is 5.92 Å². The summed E-state index contributed by atoms with van der Waals surface area (Å²) in [5, 5.41) is 0.713. The molecule has 0 N–H and O–H groups in total. The van der Waals surface area contributed by atoms with Crippen LogP contribution in [0.3, 0.4) is 0 Å². The van der Waals surface area contributed by atoms with E-state index in [0.29, 0.717) is 10.9 Å². The molecule has 0 saturated carbocycles. The van der Waals surface area contributed by atoms with Gasteiger partial charge >= 0.3 is 0 Å². The first kappa shape index (κ1) is 12.7. The first-order valence-corrected chi connectivity index (χ1v) is 6.26. The Balaban J connectivity index is 2.41. The van der Waals surface area contributed by atoms with Crippen LogP contribution in [-0.4, -0.2) is 12.4 Å². The molecule has 0 aliphatic rings. The van der Waals surface area contributed by atoms with Crippen LogP contribution < -0.4 is 4.74 Å². The summed E-state index contributed by atoms with van der Waals surface area (Å²) in [7, 11) is 0. The third kappa shape index (κ3) is 4.80. The fourth-order valence-electron chi connectivity index (χ4n) is 1.41. The molecule has 0 aromatic heterocycles. The van der Waals surface area contributed by atoms with E-state index in [0.717, 1.165) is 24.5 Å². The summed E-state index contributed by atoms with van der Waals surface area (Å²) in [6.07, 6.45) is 2.33. The van der Waals surface area contributed by atoms with Crippen molar-refractivity contribution in [2.45, 2.75) is 19.8 Å². The van der Waals surface area contributed by atoms with Crippen molar-refractivity contribution in [2.75, 3.05) is 12.4 Å². The van der Waals surface area contributed by atoms with Crippen LogP contribution in [0.2, 0.25) is 5.02 Å². The van der Waals surface area contributed by atoms with Crippen molar-refractivity contribution >= 4 is 24.2 Å². The molecule has 1 aromatic rings. The predicted molar refractivity (Wildman–Crippen MR) is 69.2 cm³/mol. The van der Waals surface area contributed by atoms with Crippen LogP contribution in [-0.2, 0) is 0 Å². The second kappa shape index (κ2) is 7.02. The van der Waals surface area contributed by atoms with Crippen molar-refractivity contribution in [1.29, 1.82) is 0 Å². The second-order valence-electron chi connectivity index (χ2n) is 3.61. The van der Waals surface area contributed by atoms with E-state index < -0.39 is 0 Å². The van der Waals surface area contributed by atoms with Gasteiger partial charge in [-0.2, -0.15) is 12.6 Å². The molecule has 1 unspecified atom stereocenters. The number of thiol groups is 1. The maximum atomic E-state index is 5.86. The number of rotatable bonds is 6. The van der Waals surface area contributed by atoms with Crippen LogP contribution in [0.25, 0.3) is 0 Å². The summed E-state index contributed by atoms with van der Waals surface area (Å²) >= 11 is 10.2. The Labute approximate surface area is 102 Å². The zero-order chi connectivity index (χ0) is 11.1. The van der Waals surface area contributed by atoms with Gasteiger partial charge in [0.05, 0.1) is 6.61 Å². The molecule has 0 aliphatic heterocycles. The van der Waals surface area contributed by atoms with Crippen LogP contribution in [0.1, 0.15) is 19.8 Å². The molecule has 0 aliphatic carbocycles. The average molecular weight is 245 g/mol. The first-order chi connectivity index (χ1) is 7.26. The Morgan fingerprint density at radius 2 is 2.27 bits per heavy atom. The number of halogens is 1. The van der Waals surface area contributed by atoms with Crippen LogP contribution in [0.4, 0.5) is 0 Å². The lowest BCUT2D eigenvalue weighted by molar-refractivity contribution is 0.254. The van der Waals surface area contributed by atoms with Crippen LogP contribution in [0.15, 0.2) is 24.3 Å².